The molecule has 0 saturated carbocycles. The summed E-state index contributed by atoms with van der Waals surface area (Å²) in [4.78, 5) is 40.9. The van der Waals surface area contributed by atoms with Crippen LogP contribution in [0.4, 0.5) is 0 Å². The van der Waals surface area contributed by atoms with Crippen LogP contribution in [0.25, 0.3) is 0 Å². The second-order valence-corrected chi connectivity index (χ2v) is 8.20. The van der Waals surface area contributed by atoms with Gasteiger partial charge in [0.15, 0.2) is 0 Å². The van der Waals surface area contributed by atoms with Gasteiger partial charge < -0.3 is 14.9 Å². The zero-order valence-electron chi connectivity index (χ0n) is 13.9. The lowest BCUT2D eigenvalue weighted by atomic mass is 9.76. The molecule has 1 spiro atoms. The van der Waals surface area contributed by atoms with Crippen molar-refractivity contribution < 1.29 is 19.5 Å². The van der Waals surface area contributed by atoms with E-state index in [2.05, 4.69) is 0 Å². The number of likely N-dealkylation sites (tertiary alicyclic amines) is 2. The highest BCUT2D eigenvalue weighted by molar-refractivity contribution is 7.13. The van der Waals surface area contributed by atoms with Gasteiger partial charge in [-0.25, -0.2) is 4.79 Å². The van der Waals surface area contributed by atoms with Crippen LogP contribution >= 0.6 is 11.3 Å². The number of nitrogens with zero attached hydrogens (tertiary/aromatic N) is 2. The Morgan fingerprint density at radius 2 is 1.92 bits per heavy atom. The summed E-state index contributed by atoms with van der Waals surface area (Å²) in [5, 5.41) is 9.38. The maximum Gasteiger partial charge on any atom is 0.326 e. The minimum Gasteiger partial charge on any atom is -0.480 e. The summed E-state index contributed by atoms with van der Waals surface area (Å²) in [7, 11) is 0. The molecule has 0 bridgehead atoms. The molecule has 0 aliphatic carbocycles. The molecule has 2 aliphatic heterocycles. The molecule has 7 heteroatoms. The predicted molar refractivity (Wildman–Crippen MR) is 90.1 cm³/mol. The van der Waals surface area contributed by atoms with Gasteiger partial charge in [0.2, 0.25) is 5.91 Å². The van der Waals surface area contributed by atoms with Crippen molar-refractivity contribution in [1.29, 1.82) is 0 Å². The van der Waals surface area contributed by atoms with Crippen molar-refractivity contribution in [3.63, 3.8) is 0 Å². The Morgan fingerprint density at radius 1 is 1.25 bits per heavy atom. The van der Waals surface area contributed by atoms with Crippen molar-refractivity contribution in [3.05, 3.63) is 21.9 Å². The van der Waals surface area contributed by atoms with Gasteiger partial charge in [-0.1, -0.05) is 0 Å². The lowest BCUT2D eigenvalue weighted by molar-refractivity contribution is -0.147. The Bertz CT molecular complexity index is 652. The molecule has 1 atom stereocenters. The highest BCUT2D eigenvalue weighted by atomic mass is 32.1. The lowest BCUT2D eigenvalue weighted by Crippen LogP contribution is -2.44. The van der Waals surface area contributed by atoms with Gasteiger partial charge in [-0.05, 0) is 43.7 Å². The zero-order valence-corrected chi connectivity index (χ0v) is 14.8. The van der Waals surface area contributed by atoms with E-state index in [9.17, 15) is 19.5 Å². The van der Waals surface area contributed by atoms with Crippen molar-refractivity contribution in [2.45, 2.75) is 39.2 Å². The summed E-state index contributed by atoms with van der Waals surface area (Å²) in [5.41, 5.74) is -0.170. The second-order valence-electron chi connectivity index (χ2n) is 6.91. The smallest absolute Gasteiger partial charge is 0.326 e. The number of carbonyl (C=O) groups excluding carboxylic acids is 2. The molecule has 0 radical (unpaired) electrons. The fraction of sp³-hybridized carbons (Fsp3) is 0.588. The van der Waals surface area contributed by atoms with Crippen molar-refractivity contribution in [2.24, 2.45) is 5.41 Å². The molecular weight excluding hydrogens is 328 g/mol. The third kappa shape index (κ3) is 3.05. The largest absolute Gasteiger partial charge is 0.480 e. The Labute approximate surface area is 145 Å². The van der Waals surface area contributed by atoms with E-state index in [1.54, 1.807) is 0 Å². The molecule has 130 valence electrons. The van der Waals surface area contributed by atoms with Gasteiger partial charge in [0.1, 0.15) is 6.04 Å². The highest BCUT2D eigenvalue weighted by Gasteiger charge is 2.49. The zero-order chi connectivity index (χ0) is 17.5. The number of rotatable bonds is 2. The van der Waals surface area contributed by atoms with Crippen molar-refractivity contribution in [1.82, 2.24) is 9.80 Å². The van der Waals surface area contributed by atoms with Crippen LogP contribution < -0.4 is 0 Å². The van der Waals surface area contributed by atoms with E-state index in [1.165, 1.54) is 23.2 Å². The number of aliphatic carboxylic acids is 1. The number of hydrogen-bond acceptors (Lipinski definition) is 4. The molecular formula is C17H22N2O4S. The van der Waals surface area contributed by atoms with Gasteiger partial charge in [-0.3, -0.25) is 9.59 Å². The Hall–Kier alpha value is -1.89. The van der Waals surface area contributed by atoms with Crippen LogP contribution in [0.2, 0.25) is 0 Å². The number of aryl methyl sites for hydroxylation is 1. The molecule has 2 amide bonds. The maximum atomic E-state index is 12.5. The van der Waals surface area contributed by atoms with Crippen LogP contribution in [0, 0.1) is 12.3 Å². The number of carboxylic acids is 1. The minimum absolute atomic E-state index is 0.0548. The summed E-state index contributed by atoms with van der Waals surface area (Å²) in [6.07, 6.45) is 1.98. The van der Waals surface area contributed by atoms with Crippen LogP contribution in [0.5, 0.6) is 0 Å². The number of hydrogen-bond donors (Lipinski definition) is 1. The first kappa shape index (κ1) is 17.0. The molecule has 0 unspecified atom stereocenters. The molecule has 6 nitrogen and oxygen atoms in total. The molecule has 1 aromatic heterocycles. The first-order chi connectivity index (χ1) is 11.3. The first-order valence-corrected chi connectivity index (χ1v) is 8.99. The molecule has 2 aliphatic rings. The second kappa shape index (κ2) is 6.20. The van der Waals surface area contributed by atoms with Gasteiger partial charge in [-0.2, -0.15) is 0 Å². The molecule has 1 aromatic rings. The molecule has 2 fully saturated rings. The molecule has 24 heavy (non-hydrogen) atoms. The third-order valence-corrected chi connectivity index (χ3v) is 6.25. The average molecular weight is 350 g/mol. The molecule has 2 saturated heterocycles. The van der Waals surface area contributed by atoms with Crippen LogP contribution in [-0.4, -0.2) is 58.4 Å². The number of thiophene rings is 1. The number of carboxylic acid groups (broad SMARTS) is 1. The normalized spacial score (nSPS) is 22.8. The van der Waals surface area contributed by atoms with E-state index in [1.807, 2.05) is 24.0 Å². The fourth-order valence-electron chi connectivity index (χ4n) is 3.86. The minimum atomic E-state index is -0.936. The van der Waals surface area contributed by atoms with Gasteiger partial charge in [0.25, 0.3) is 5.91 Å². The summed E-state index contributed by atoms with van der Waals surface area (Å²) in [6.45, 7) is 5.13. The number of amides is 2. The van der Waals surface area contributed by atoms with E-state index in [0.717, 1.165) is 22.6 Å². The van der Waals surface area contributed by atoms with Crippen LogP contribution in [-0.2, 0) is 9.59 Å². The van der Waals surface area contributed by atoms with E-state index >= 15 is 0 Å². The van der Waals surface area contributed by atoms with Gasteiger partial charge in [0.05, 0.1) is 4.88 Å². The topological polar surface area (TPSA) is 77.9 Å². The van der Waals surface area contributed by atoms with Crippen LogP contribution in [0.3, 0.4) is 0 Å². The Kier molecular flexibility index (Phi) is 4.38. The standard InChI is InChI=1S/C17H22N2O4S/c1-11-3-4-14(24-11)15(21)18-7-5-17(6-8-18)9-13(16(22)23)19(10-17)12(2)20/h3-4,13H,5-10H2,1-2H3,(H,22,23)/t13-/m0/s1. The fourth-order valence-corrected chi connectivity index (χ4v) is 4.70. The van der Waals surface area contributed by atoms with E-state index in [-0.39, 0.29) is 17.2 Å². The molecule has 3 heterocycles. The molecule has 0 aromatic carbocycles. The lowest BCUT2D eigenvalue weighted by Gasteiger charge is -2.39. The quantitative estimate of drug-likeness (QED) is 0.885. The van der Waals surface area contributed by atoms with E-state index < -0.39 is 12.0 Å². The van der Waals surface area contributed by atoms with Crippen LogP contribution in [0.15, 0.2) is 12.1 Å². The number of piperidine rings is 1. The van der Waals surface area contributed by atoms with Gasteiger partial charge in [0, 0.05) is 31.4 Å². The Balaban J connectivity index is 1.67. The maximum absolute atomic E-state index is 12.5. The predicted octanol–water partition coefficient (Wildman–Crippen LogP) is 1.98. The van der Waals surface area contributed by atoms with Gasteiger partial charge in [-0.15, -0.1) is 11.3 Å². The van der Waals surface area contributed by atoms with Gasteiger partial charge >= 0.3 is 5.97 Å². The van der Waals surface area contributed by atoms with Crippen molar-refractivity contribution >= 4 is 29.1 Å². The molecule has 3 rings (SSSR count). The van der Waals surface area contributed by atoms with E-state index in [4.69, 9.17) is 0 Å². The summed E-state index contributed by atoms with van der Waals surface area (Å²) in [6, 6.07) is 3.08. The van der Waals surface area contributed by atoms with Crippen molar-refractivity contribution in [2.75, 3.05) is 19.6 Å². The average Bonchev–Trinajstić information content (AvgIpc) is 3.12. The van der Waals surface area contributed by atoms with Crippen LogP contribution in [0.1, 0.15) is 40.7 Å². The SMILES string of the molecule is CC(=O)N1CC2(CCN(C(=O)c3ccc(C)s3)CC2)C[C@H]1C(=O)O. The third-order valence-electron chi connectivity index (χ3n) is 5.26. The van der Waals surface area contributed by atoms with Crippen molar-refractivity contribution in [3.8, 4) is 0 Å². The Morgan fingerprint density at radius 3 is 2.38 bits per heavy atom. The first-order valence-electron chi connectivity index (χ1n) is 8.17. The number of carbonyl (C=O) groups is 3. The molecule has 1 N–H and O–H groups in total. The summed E-state index contributed by atoms with van der Waals surface area (Å²) < 4.78 is 0. The summed E-state index contributed by atoms with van der Waals surface area (Å²) >= 11 is 1.50. The highest BCUT2D eigenvalue weighted by Crippen LogP contribution is 2.43. The van der Waals surface area contributed by atoms with E-state index in [0.29, 0.717) is 26.1 Å². The summed E-state index contributed by atoms with van der Waals surface area (Å²) in [5.74, 6) is -1.07. The monoisotopic (exact) mass is 350 g/mol.